The number of fused-ring (bicyclic) bond motifs is 6. The minimum Gasteiger partial charge on any atom is -0.435 e. The molecule has 0 radical (unpaired) electrons. The van der Waals surface area contributed by atoms with Crippen LogP contribution in [0.3, 0.4) is 0 Å². The van der Waals surface area contributed by atoms with E-state index in [9.17, 15) is 0 Å². The first-order valence-electron chi connectivity index (χ1n) is 17.1. The summed E-state index contributed by atoms with van der Waals surface area (Å²) < 4.78 is 8.99. The number of hydrogen-bond acceptors (Lipinski definition) is 4. The van der Waals surface area contributed by atoms with Gasteiger partial charge in [-0.3, -0.25) is 0 Å². The lowest BCUT2D eigenvalue weighted by Gasteiger charge is -2.26. The highest BCUT2D eigenvalue weighted by atomic mass is 32.1. The maximum atomic E-state index is 6.62. The van der Waals surface area contributed by atoms with Gasteiger partial charge in [-0.2, -0.15) is 0 Å². The number of aromatic nitrogens is 1. The second-order valence-electron chi connectivity index (χ2n) is 12.8. The molecule has 0 aliphatic carbocycles. The summed E-state index contributed by atoms with van der Waals surface area (Å²) >= 11 is 1.80. The standard InChI is InChI=1S/C47H30N2OS/c1-3-11-31(12-4-1)33-21-25-38(26-22-33)49(39-27-23-34(24-28-39)37-20-19-32-13-7-8-16-36(32)29-37)42-30-41-45(50-47(48-41)35-14-5-2-6-15-35)44-40-17-9-10-18-43(40)51-46(42)44/h1-30H. The van der Waals surface area contributed by atoms with Gasteiger partial charge in [-0.15, -0.1) is 11.3 Å². The van der Waals surface area contributed by atoms with E-state index in [4.69, 9.17) is 9.40 Å². The van der Waals surface area contributed by atoms with E-state index < -0.39 is 0 Å². The molecule has 8 aromatic carbocycles. The summed E-state index contributed by atoms with van der Waals surface area (Å²) in [7, 11) is 0. The molecule has 240 valence electrons. The highest BCUT2D eigenvalue weighted by molar-refractivity contribution is 7.26. The van der Waals surface area contributed by atoms with E-state index in [0.717, 1.165) is 43.8 Å². The highest BCUT2D eigenvalue weighted by Crippen LogP contribution is 2.49. The molecule has 0 spiro atoms. The Morgan fingerprint density at radius 1 is 0.471 bits per heavy atom. The number of oxazole rings is 1. The Morgan fingerprint density at radius 2 is 1.04 bits per heavy atom. The van der Waals surface area contributed by atoms with Crippen LogP contribution in [0.4, 0.5) is 17.1 Å². The van der Waals surface area contributed by atoms with Gasteiger partial charge in [-0.05, 0) is 87.6 Å². The molecule has 0 aliphatic heterocycles. The normalized spacial score (nSPS) is 11.5. The average Bonchev–Trinajstić information content (AvgIpc) is 3.81. The smallest absolute Gasteiger partial charge is 0.227 e. The zero-order valence-electron chi connectivity index (χ0n) is 27.5. The van der Waals surface area contributed by atoms with Crippen molar-refractivity contribution in [2.45, 2.75) is 0 Å². The van der Waals surface area contributed by atoms with Gasteiger partial charge in [0.2, 0.25) is 5.89 Å². The fourth-order valence-electron chi connectivity index (χ4n) is 7.16. The summed E-state index contributed by atoms with van der Waals surface area (Å²) in [6, 6.07) is 64.5. The Bertz CT molecular complexity index is 2840. The molecule has 51 heavy (non-hydrogen) atoms. The third kappa shape index (κ3) is 5.16. The second-order valence-corrected chi connectivity index (χ2v) is 13.8. The first-order valence-corrected chi connectivity index (χ1v) is 17.9. The van der Waals surface area contributed by atoms with Crippen LogP contribution in [-0.4, -0.2) is 4.98 Å². The first-order chi connectivity index (χ1) is 25.3. The predicted molar refractivity (Wildman–Crippen MR) is 215 cm³/mol. The van der Waals surface area contributed by atoms with Gasteiger partial charge in [0, 0.05) is 32.4 Å². The van der Waals surface area contributed by atoms with E-state index in [0.29, 0.717) is 5.89 Å². The number of rotatable bonds is 6. The lowest BCUT2D eigenvalue weighted by Crippen LogP contribution is -2.10. The third-order valence-electron chi connectivity index (χ3n) is 9.68. The fourth-order valence-corrected chi connectivity index (χ4v) is 8.36. The molecule has 0 saturated carbocycles. The maximum absolute atomic E-state index is 6.62. The molecule has 0 saturated heterocycles. The van der Waals surface area contributed by atoms with Crippen LogP contribution >= 0.6 is 11.3 Å². The third-order valence-corrected chi connectivity index (χ3v) is 10.9. The molecule has 2 heterocycles. The van der Waals surface area contributed by atoms with Crippen LogP contribution in [0.25, 0.3) is 75.8 Å². The van der Waals surface area contributed by atoms with Crippen molar-refractivity contribution in [3.05, 3.63) is 182 Å². The van der Waals surface area contributed by atoms with Gasteiger partial charge in [0.25, 0.3) is 0 Å². The van der Waals surface area contributed by atoms with Crippen molar-refractivity contribution in [1.29, 1.82) is 0 Å². The van der Waals surface area contributed by atoms with Gasteiger partial charge in [0.1, 0.15) is 5.52 Å². The molecule has 0 unspecified atom stereocenters. The number of hydrogen-bond donors (Lipinski definition) is 0. The zero-order valence-corrected chi connectivity index (χ0v) is 28.3. The van der Waals surface area contributed by atoms with Gasteiger partial charge in [0.05, 0.1) is 10.4 Å². The van der Waals surface area contributed by atoms with Gasteiger partial charge in [-0.25, -0.2) is 4.98 Å². The molecule has 0 amide bonds. The van der Waals surface area contributed by atoms with Crippen molar-refractivity contribution in [2.24, 2.45) is 0 Å². The van der Waals surface area contributed by atoms with Gasteiger partial charge >= 0.3 is 0 Å². The number of anilines is 3. The lowest BCUT2D eigenvalue weighted by molar-refractivity contribution is 0.623. The molecule has 3 nitrogen and oxygen atoms in total. The summed E-state index contributed by atoms with van der Waals surface area (Å²) in [4.78, 5) is 7.46. The van der Waals surface area contributed by atoms with E-state index in [2.05, 4.69) is 157 Å². The molecule has 0 bridgehead atoms. The van der Waals surface area contributed by atoms with Gasteiger partial charge in [-0.1, -0.05) is 127 Å². The van der Waals surface area contributed by atoms with E-state index in [1.165, 1.54) is 43.1 Å². The Morgan fingerprint density at radius 3 is 1.76 bits per heavy atom. The van der Waals surface area contributed by atoms with Crippen LogP contribution in [0.2, 0.25) is 0 Å². The van der Waals surface area contributed by atoms with Gasteiger partial charge in [0.15, 0.2) is 5.58 Å². The molecule has 10 rings (SSSR count). The van der Waals surface area contributed by atoms with Crippen molar-refractivity contribution < 1.29 is 4.42 Å². The monoisotopic (exact) mass is 670 g/mol. The average molecular weight is 671 g/mol. The zero-order chi connectivity index (χ0) is 33.7. The van der Waals surface area contributed by atoms with Gasteiger partial charge < -0.3 is 9.32 Å². The van der Waals surface area contributed by atoms with Crippen LogP contribution < -0.4 is 4.90 Å². The minimum absolute atomic E-state index is 0.623. The van der Waals surface area contributed by atoms with Crippen molar-refractivity contribution in [3.63, 3.8) is 0 Å². The quantitative estimate of drug-likeness (QED) is 0.176. The molecule has 10 aromatic rings. The SMILES string of the molecule is c1ccc(-c2ccc(N(c3ccc(-c4ccc5ccccc5c4)cc3)c3cc4nc(-c5ccccc5)oc4c4c3sc3ccccc34)cc2)cc1. The van der Waals surface area contributed by atoms with Crippen molar-refractivity contribution in [2.75, 3.05) is 4.90 Å². The summed E-state index contributed by atoms with van der Waals surface area (Å²) in [6.45, 7) is 0. The topological polar surface area (TPSA) is 29.3 Å². The second kappa shape index (κ2) is 12.1. The Hall–Kier alpha value is -6.49. The van der Waals surface area contributed by atoms with E-state index >= 15 is 0 Å². The maximum Gasteiger partial charge on any atom is 0.227 e. The van der Waals surface area contributed by atoms with Crippen LogP contribution in [0.1, 0.15) is 0 Å². The molecule has 0 fully saturated rings. The van der Waals surface area contributed by atoms with E-state index in [1.54, 1.807) is 11.3 Å². The van der Waals surface area contributed by atoms with E-state index in [-0.39, 0.29) is 0 Å². The highest BCUT2D eigenvalue weighted by Gasteiger charge is 2.24. The van der Waals surface area contributed by atoms with Crippen LogP contribution in [0.5, 0.6) is 0 Å². The van der Waals surface area contributed by atoms with Crippen molar-refractivity contribution in [3.8, 4) is 33.7 Å². The molecule has 4 heteroatoms. The number of nitrogens with zero attached hydrogens (tertiary/aromatic N) is 2. The Kier molecular flexibility index (Phi) is 7.00. The van der Waals surface area contributed by atoms with Crippen molar-refractivity contribution >= 4 is 70.4 Å². The Balaban J connectivity index is 1.18. The minimum atomic E-state index is 0.623. The summed E-state index contributed by atoms with van der Waals surface area (Å²) in [5.41, 5.74) is 10.6. The van der Waals surface area contributed by atoms with Crippen LogP contribution in [0, 0.1) is 0 Å². The first kappa shape index (κ1) is 29.4. The Labute approximate surface area is 299 Å². The molecule has 0 aliphatic rings. The summed E-state index contributed by atoms with van der Waals surface area (Å²) in [6.07, 6.45) is 0. The largest absolute Gasteiger partial charge is 0.435 e. The molecular weight excluding hydrogens is 641 g/mol. The predicted octanol–water partition coefficient (Wildman–Crippen LogP) is 13.8. The van der Waals surface area contributed by atoms with Crippen molar-refractivity contribution in [1.82, 2.24) is 4.98 Å². The fraction of sp³-hybridized carbons (Fsp3) is 0. The molecule has 0 atom stereocenters. The molecular formula is C47H30N2OS. The number of benzene rings is 8. The summed E-state index contributed by atoms with van der Waals surface area (Å²) in [5, 5.41) is 4.75. The van der Waals surface area contributed by atoms with Crippen LogP contribution in [0.15, 0.2) is 186 Å². The van der Waals surface area contributed by atoms with E-state index in [1.807, 2.05) is 30.3 Å². The van der Waals surface area contributed by atoms with Crippen LogP contribution in [-0.2, 0) is 0 Å². The molecule has 2 aromatic heterocycles. The number of thiophene rings is 1. The molecule has 0 N–H and O–H groups in total. The lowest BCUT2D eigenvalue weighted by atomic mass is 10.0. The summed E-state index contributed by atoms with van der Waals surface area (Å²) in [5.74, 6) is 0.623.